The molecule has 6 nitrogen and oxygen atoms in total. The number of carbonyl (C=O) groups excluding carboxylic acids is 2. The molecule has 1 heterocycles. The Bertz CT molecular complexity index is 293. The minimum Gasteiger partial charge on any atom is -0.453 e. The molecule has 0 aromatic carbocycles. The van der Waals surface area contributed by atoms with Crippen LogP contribution in [0.1, 0.15) is 20.3 Å². The fraction of sp³-hybridized carbons (Fsp3) is 0.818. The Kier molecular flexibility index (Phi) is 4.74. The molecule has 0 aromatic rings. The first-order chi connectivity index (χ1) is 7.93. The number of amides is 2. The van der Waals surface area contributed by atoms with Crippen LogP contribution in [0.3, 0.4) is 0 Å². The number of methoxy groups -OCH3 is 1. The maximum absolute atomic E-state index is 11.4. The highest BCUT2D eigenvalue weighted by Crippen LogP contribution is 2.20. The number of aliphatic hydroxyl groups is 1. The summed E-state index contributed by atoms with van der Waals surface area (Å²) in [6.45, 7) is 4.18. The minimum atomic E-state index is -0.509. The standard InChI is InChI=1S/C11H20N2O4/c1-7(14)9-4-10(12-11(16)17-3)6-13(5-9)8(2)15/h7,9-10,14H,4-6H2,1-3H3,(H,12,16). The third kappa shape index (κ3) is 3.89. The van der Waals surface area contributed by atoms with E-state index in [4.69, 9.17) is 0 Å². The van der Waals surface area contributed by atoms with Crippen molar-refractivity contribution in [1.82, 2.24) is 10.2 Å². The number of nitrogens with one attached hydrogen (secondary N) is 1. The quantitative estimate of drug-likeness (QED) is 0.714. The summed E-state index contributed by atoms with van der Waals surface area (Å²) in [6, 6.07) is -0.167. The lowest BCUT2D eigenvalue weighted by Crippen LogP contribution is -2.53. The molecule has 1 rings (SSSR count). The molecule has 98 valence electrons. The lowest BCUT2D eigenvalue weighted by Gasteiger charge is -2.38. The van der Waals surface area contributed by atoms with Crippen LogP contribution in [-0.4, -0.2) is 54.4 Å². The van der Waals surface area contributed by atoms with Crippen LogP contribution in [0, 0.1) is 5.92 Å². The Balaban J connectivity index is 2.64. The van der Waals surface area contributed by atoms with Crippen molar-refractivity contribution in [2.45, 2.75) is 32.4 Å². The molecular weight excluding hydrogens is 224 g/mol. The first-order valence-electron chi connectivity index (χ1n) is 5.72. The van der Waals surface area contributed by atoms with E-state index >= 15 is 0 Å². The van der Waals surface area contributed by atoms with Crippen LogP contribution in [0.25, 0.3) is 0 Å². The van der Waals surface area contributed by atoms with Gasteiger partial charge in [0.15, 0.2) is 0 Å². The second-order valence-corrected chi connectivity index (χ2v) is 4.49. The molecular formula is C11H20N2O4. The molecule has 17 heavy (non-hydrogen) atoms. The Labute approximate surface area is 101 Å². The molecule has 0 saturated carbocycles. The average molecular weight is 244 g/mol. The summed E-state index contributed by atoms with van der Waals surface area (Å²) in [6.07, 6.45) is -0.361. The summed E-state index contributed by atoms with van der Waals surface area (Å²) in [7, 11) is 1.30. The van der Waals surface area contributed by atoms with Gasteiger partial charge in [-0.25, -0.2) is 4.79 Å². The van der Waals surface area contributed by atoms with Gasteiger partial charge < -0.3 is 20.1 Å². The summed E-state index contributed by atoms with van der Waals surface area (Å²) in [5.41, 5.74) is 0. The van der Waals surface area contributed by atoms with E-state index in [1.165, 1.54) is 14.0 Å². The van der Waals surface area contributed by atoms with Crippen molar-refractivity contribution >= 4 is 12.0 Å². The lowest BCUT2D eigenvalue weighted by molar-refractivity contribution is -0.132. The Morgan fingerprint density at radius 1 is 1.47 bits per heavy atom. The predicted molar refractivity (Wildman–Crippen MR) is 61.4 cm³/mol. The number of likely N-dealkylation sites (tertiary alicyclic amines) is 1. The van der Waals surface area contributed by atoms with Crippen LogP contribution in [0.5, 0.6) is 0 Å². The summed E-state index contributed by atoms with van der Waals surface area (Å²) in [4.78, 5) is 24.1. The lowest BCUT2D eigenvalue weighted by atomic mass is 9.90. The van der Waals surface area contributed by atoms with E-state index in [0.29, 0.717) is 19.5 Å². The number of nitrogens with zero attached hydrogens (tertiary/aromatic N) is 1. The highest BCUT2D eigenvalue weighted by Gasteiger charge is 2.31. The van der Waals surface area contributed by atoms with E-state index in [1.807, 2.05) is 0 Å². The van der Waals surface area contributed by atoms with Gasteiger partial charge in [0.05, 0.1) is 19.3 Å². The number of carbonyl (C=O) groups is 2. The fourth-order valence-corrected chi connectivity index (χ4v) is 2.07. The number of aliphatic hydroxyl groups excluding tert-OH is 1. The third-order valence-electron chi connectivity index (χ3n) is 3.12. The Hall–Kier alpha value is -1.30. The molecule has 3 unspecified atom stereocenters. The van der Waals surface area contributed by atoms with Gasteiger partial charge in [0, 0.05) is 25.9 Å². The SMILES string of the molecule is COC(=O)NC1CC(C(C)O)CN(C(C)=O)C1. The normalized spacial score (nSPS) is 26.2. The molecule has 0 aromatic heterocycles. The van der Waals surface area contributed by atoms with Gasteiger partial charge in [-0.1, -0.05) is 0 Å². The predicted octanol–water partition coefficient (Wildman–Crippen LogP) is -0.0398. The Morgan fingerprint density at radius 2 is 2.12 bits per heavy atom. The molecule has 6 heteroatoms. The number of piperidine rings is 1. The first kappa shape index (κ1) is 13.8. The zero-order chi connectivity index (χ0) is 13.0. The molecule has 1 aliphatic rings. The van der Waals surface area contributed by atoms with Gasteiger partial charge in [-0.05, 0) is 13.3 Å². The summed E-state index contributed by atoms with van der Waals surface area (Å²) >= 11 is 0. The minimum absolute atomic E-state index is 0.0187. The van der Waals surface area contributed by atoms with Gasteiger partial charge in [0.2, 0.25) is 5.91 Å². The largest absolute Gasteiger partial charge is 0.453 e. The molecule has 1 aliphatic heterocycles. The van der Waals surface area contributed by atoms with Crippen LogP contribution in [0.2, 0.25) is 0 Å². The molecule has 0 aliphatic carbocycles. The molecule has 2 amide bonds. The zero-order valence-electron chi connectivity index (χ0n) is 10.5. The van der Waals surface area contributed by atoms with Gasteiger partial charge in [-0.15, -0.1) is 0 Å². The number of hydrogen-bond acceptors (Lipinski definition) is 4. The molecule has 0 bridgehead atoms. The Morgan fingerprint density at radius 3 is 2.59 bits per heavy atom. The summed E-state index contributed by atoms with van der Waals surface area (Å²) in [5.74, 6) is -0.0678. The van der Waals surface area contributed by atoms with Crippen LogP contribution >= 0.6 is 0 Å². The van der Waals surface area contributed by atoms with Crippen LogP contribution in [0.4, 0.5) is 4.79 Å². The van der Waals surface area contributed by atoms with Crippen molar-refractivity contribution < 1.29 is 19.4 Å². The van der Waals surface area contributed by atoms with Crippen molar-refractivity contribution in [1.29, 1.82) is 0 Å². The van der Waals surface area contributed by atoms with Gasteiger partial charge >= 0.3 is 6.09 Å². The molecule has 0 spiro atoms. The maximum Gasteiger partial charge on any atom is 0.407 e. The smallest absolute Gasteiger partial charge is 0.407 e. The molecule has 1 fully saturated rings. The summed E-state index contributed by atoms with van der Waals surface area (Å²) in [5, 5.41) is 12.3. The van der Waals surface area contributed by atoms with Gasteiger partial charge in [0.25, 0.3) is 0 Å². The third-order valence-corrected chi connectivity index (χ3v) is 3.12. The van der Waals surface area contributed by atoms with Crippen LogP contribution in [0.15, 0.2) is 0 Å². The number of ether oxygens (including phenoxy) is 1. The van der Waals surface area contributed by atoms with Crippen LogP contribution in [-0.2, 0) is 9.53 Å². The molecule has 2 N–H and O–H groups in total. The second-order valence-electron chi connectivity index (χ2n) is 4.49. The highest BCUT2D eigenvalue weighted by atomic mass is 16.5. The first-order valence-corrected chi connectivity index (χ1v) is 5.72. The van der Waals surface area contributed by atoms with E-state index in [0.717, 1.165) is 0 Å². The van der Waals surface area contributed by atoms with E-state index in [1.54, 1.807) is 11.8 Å². The van der Waals surface area contributed by atoms with Crippen molar-refractivity contribution in [3.05, 3.63) is 0 Å². The highest BCUT2D eigenvalue weighted by molar-refractivity contribution is 5.73. The number of rotatable bonds is 2. The molecule has 3 atom stereocenters. The summed E-state index contributed by atoms with van der Waals surface area (Å²) < 4.78 is 4.53. The van der Waals surface area contributed by atoms with Crippen molar-refractivity contribution in [3.63, 3.8) is 0 Å². The van der Waals surface area contributed by atoms with E-state index in [9.17, 15) is 14.7 Å². The molecule has 0 radical (unpaired) electrons. The number of hydrogen-bond donors (Lipinski definition) is 2. The van der Waals surface area contributed by atoms with Gasteiger partial charge in [-0.2, -0.15) is 0 Å². The van der Waals surface area contributed by atoms with Crippen molar-refractivity contribution in [3.8, 4) is 0 Å². The zero-order valence-corrected chi connectivity index (χ0v) is 10.5. The monoisotopic (exact) mass is 244 g/mol. The topological polar surface area (TPSA) is 78.9 Å². The number of alkyl carbamates (subject to hydrolysis) is 1. The van der Waals surface area contributed by atoms with Crippen molar-refractivity contribution in [2.24, 2.45) is 5.92 Å². The maximum atomic E-state index is 11.4. The van der Waals surface area contributed by atoms with Gasteiger partial charge in [0.1, 0.15) is 0 Å². The van der Waals surface area contributed by atoms with Gasteiger partial charge in [-0.3, -0.25) is 4.79 Å². The van der Waals surface area contributed by atoms with E-state index in [2.05, 4.69) is 10.1 Å². The second kappa shape index (κ2) is 5.86. The fourth-order valence-electron chi connectivity index (χ4n) is 2.07. The van der Waals surface area contributed by atoms with Crippen LogP contribution < -0.4 is 5.32 Å². The van der Waals surface area contributed by atoms with Crippen molar-refractivity contribution in [2.75, 3.05) is 20.2 Å². The van der Waals surface area contributed by atoms with E-state index < -0.39 is 12.2 Å². The van der Waals surface area contributed by atoms with E-state index in [-0.39, 0.29) is 17.9 Å². The molecule has 1 saturated heterocycles. The average Bonchev–Trinajstić information content (AvgIpc) is 2.28.